The van der Waals surface area contributed by atoms with Crippen molar-refractivity contribution >= 4 is 44.9 Å². The maximum absolute atomic E-state index is 12.7. The molecule has 28 heavy (non-hydrogen) atoms. The minimum atomic E-state index is -0.280. The number of carbonyl (C=O) groups excluding carboxylic acids is 1. The molecule has 0 aliphatic carbocycles. The lowest BCUT2D eigenvalue weighted by Gasteiger charge is -2.13. The Bertz CT molecular complexity index is 1130. The Balaban J connectivity index is 1.56. The van der Waals surface area contributed by atoms with E-state index in [4.69, 9.17) is 0 Å². The van der Waals surface area contributed by atoms with Gasteiger partial charge in [0, 0.05) is 16.0 Å². The molecule has 2 aromatic carbocycles. The number of hydrogen-bond acceptors (Lipinski definition) is 5. The van der Waals surface area contributed by atoms with Gasteiger partial charge in [-0.3, -0.25) is 4.79 Å². The van der Waals surface area contributed by atoms with Crippen LogP contribution in [0.3, 0.4) is 0 Å². The molecule has 1 unspecified atom stereocenters. The van der Waals surface area contributed by atoms with E-state index < -0.39 is 0 Å². The summed E-state index contributed by atoms with van der Waals surface area (Å²) in [7, 11) is 0. The third-order valence-electron chi connectivity index (χ3n) is 4.41. The molecule has 0 bridgehead atoms. The van der Waals surface area contributed by atoms with Crippen LogP contribution in [0.1, 0.15) is 12.5 Å². The third kappa shape index (κ3) is 3.93. The molecule has 140 valence electrons. The monoisotopic (exact) mass is 405 g/mol. The number of thiophene rings is 1. The summed E-state index contributed by atoms with van der Waals surface area (Å²) in [5.74, 6) is -0.0374. The molecule has 0 saturated heterocycles. The van der Waals surface area contributed by atoms with E-state index in [1.807, 2.05) is 56.3 Å². The Hall–Kier alpha value is -2.70. The fourth-order valence-electron chi connectivity index (χ4n) is 2.84. The minimum Gasteiger partial charge on any atom is -0.325 e. The molecule has 0 aliphatic heterocycles. The molecule has 0 saturated carbocycles. The van der Waals surface area contributed by atoms with Gasteiger partial charge in [0.15, 0.2) is 0 Å². The zero-order chi connectivity index (χ0) is 19.5. The molecule has 1 N–H and O–H groups in total. The van der Waals surface area contributed by atoms with Crippen LogP contribution in [0, 0.1) is 6.92 Å². The summed E-state index contributed by atoms with van der Waals surface area (Å²) in [4.78, 5) is 23.6. The number of hydrogen-bond donors (Lipinski definition) is 1. The van der Waals surface area contributed by atoms with Crippen molar-refractivity contribution in [2.45, 2.75) is 24.1 Å². The van der Waals surface area contributed by atoms with Gasteiger partial charge in [-0.05, 0) is 37.1 Å². The van der Waals surface area contributed by atoms with Crippen LogP contribution in [0.5, 0.6) is 0 Å². The third-order valence-corrected chi connectivity index (χ3v) is 6.62. The second-order valence-electron chi connectivity index (χ2n) is 6.44. The number of rotatable bonds is 5. The highest BCUT2D eigenvalue weighted by Gasteiger charge is 2.19. The number of nitrogens with zero attached hydrogens (tertiary/aromatic N) is 2. The predicted molar refractivity (Wildman–Crippen MR) is 118 cm³/mol. The molecule has 4 aromatic rings. The first-order chi connectivity index (χ1) is 13.6. The summed E-state index contributed by atoms with van der Waals surface area (Å²) in [6.45, 7) is 3.88. The highest BCUT2D eigenvalue weighted by Crippen LogP contribution is 2.37. The van der Waals surface area contributed by atoms with Crippen molar-refractivity contribution in [1.29, 1.82) is 0 Å². The summed E-state index contributed by atoms with van der Waals surface area (Å²) >= 11 is 3.10. The Labute approximate surface area is 172 Å². The zero-order valence-electron chi connectivity index (χ0n) is 15.5. The lowest BCUT2D eigenvalue weighted by molar-refractivity contribution is -0.115. The first-order valence-electron chi connectivity index (χ1n) is 8.95. The van der Waals surface area contributed by atoms with Gasteiger partial charge < -0.3 is 5.32 Å². The van der Waals surface area contributed by atoms with Crippen molar-refractivity contribution in [3.8, 4) is 10.4 Å². The van der Waals surface area contributed by atoms with E-state index in [1.54, 1.807) is 17.7 Å². The SMILES string of the molecule is Cc1ccccc1NC(=O)C(C)Sc1ncnc2sc(-c3ccccc3)cc12. The van der Waals surface area contributed by atoms with Crippen LogP contribution in [-0.2, 0) is 4.79 Å². The van der Waals surface area contributed by atoms with Crippen molar-refractivity contribution in [3.63, 3.8) is 0 Å². The van der Waals surface area contributed by atoms with E-state index in [2.05, 4.69) is 33.5 Å². The van der Waals surface area contributed by atoms with E-state index in [9.17, 15) is 4.79 Å². The Morgan fingerprint density at radius 1 is 1.07 bits per heavy atom. The number of amides is 1. The summed E-state index contributed by atoms with van der Waals surface area (Å²) in [5.41, 5.74) is 3.05. The number of aromatic nitrogens is 2. The van der Waals surface area contributed by atoms with Crippen molar-refractivity contribution < 1.29 is 4.79 Å². The van der Waals surface area contributed by atoms with Crippen LogP contribution in [0.25, 0.3) is 20.7 Å². The number of fused-ring (bicyclic) bond motifs is 1. The van der Waals surface area contributed by atoms with E-state index in [-0.39, 0.29) is 11.2 Å². The molecule has 1 atom stereocenters. The first kappa shape index (κ1) is 18.7. The second-order valence-corrected chi connectivity index (χ2v) is 8.80. The molecule has 4 nitrogen and oxygen atoms in total. The van der Waals surface area contributed by atoms with Crippen LogP contribution >= 0.6 is 23.1 Å². The average Bonchev–Trinajstić information content (AvgIpc) is 3.16. The summed E-state index contributed by atoms with van der Waals surface area (Å²) in [5, 5.41) is 4.55. The maximum atomic E-state index is 12.7. The van der Waals surface area contributed by atoms with Crippen molar-refractivity contribution in [2.24, 2.45) is 0 Å². The molecule has 0 spiro atoms. The van der Waals surface area contributed by atoms with Crippen LogP contribution in [-0.4, -0.2) is 21.1 Å². The summed E-state index contributed by atoms with van der Waals surface area (Å²) in [6.07, 6.45) is 1.57. The summed E-state index contributed by atoms with van der Waals surface area (Å²) < 4.78 is 0. The second kappa shape index (κ2) is 8.12. The molecule has 2 aromatic heterocycles. The van der Waals surface area contributed by atoms with Gasteiger partial charge in [0.25, 0.3) is 0 Å². The van der Waals surface area contributed by atoms with Crippen molar-refractivity contribution in [2.75, 3.05) is 5.32 Å². The molecule has 6 heteroatoms. The molecule has 4 rings (SSSR count). The Morgan fingerprint density at radius 2 is 1.82 bits per heavy atom. The molecule has 0 fully saturated rings. The first-order valence-corrected chi connectivity index (χ1v) is 10.6. The smallest absolute Gasteiger partial charge is 0.237 e. The van der Waals surface area contributed by atoms with Crippen LogP contribution in [0.2, 0.25) is 0 Å². The number of para-hydroxylation sites is 1. The Morgan fingerprint density at radius 3 is 2.61 bits per heavy atom. The number of benzene rings is 2. The molecule has 0 radical (unpaired) electrons. The predicted octanol–water partition coefficient (Wildman–Crippen LogP) is 5.79. The molecule has 1 amide bonds. The van der Waals surface area contributed by atoms with E-state index in [0.29, 0.717) is 0 Å². The topological polar surface area (TPSA) is 54.9 Å². The fraction of sp³-hybridized carbons (Fsp3) is 0.136. The minimum absolute atomic E-state index is 0.0374. The number of thioether (sulfide) groups is 1. The maximum Gasteiger partial charge on any atom is 0.237 e. The molecular weight excluding hydrogens is 386 g/mol. The van der Waals surface area contributed by atoms with Gasteiger partial charge in [-0.25, -0.2) is 9.97 Å². The number of anilines is 1. The van der Waals surface area contributed by atoms with E-state index in [0.717, 1.165) is 36.9 Å². The number of carbonyl (C=O) groups is 1. The van der Waals surface area contributed by atoms with Crippen LogP contribution in [0.4, 0.5) is 5.69 Å². The van der Waals surface area contributed by atoms with Gasteiger partial charge in [-0.2, -0.15) is 0 Å². The number of nitrogens with one attached hydrogen (secondary N) is 1. The van der Waals surface area contributed by atoms with Crippen LogP contribution < -0.4 is 5.32 Å². The quantitative estimate of drug-likeness (QED) is 0.337. The van der Waals surface area contributed by atoms with Gasteiger partial charge in [0.2, 0.25) is 5.91 Å². The largest absolute Gasteiger partial charge is 0.325 e. The van der Waals surface area contributed by atoms with Crippen molar-refractivity contribution in [3.05, 3.63) is 72.6 Å². The van der Waals surface area contributed by atoms with Crippen molar-refractivity contribution in [1.82, 2.24) is 9.97 Å². The lowest BCUT2D eigenvalue weighted by Crippen LogP contribution is -2.22. The fourth-order valence-corrected chi connectivity index (χ4v) is 4.80. The molecule has 2 heterocycles. The van der Waals surface area contributed by atoms with Gasteiger partial charge in [-0.1, -0.05) is 60.3 Å². The molecular formula is C22H19N3OS2. The van der Waals surface area contributed by atoms with Crippen LogP contribution in [0.15, 0.2) is 72.0 Å². The average molecular weight is 406 g/mol. The van der Waals surface area contributed by atoms with E-state index in [1.165, 1.54) is 11.8 Å². The van der Waals surface area contributed by atoms with Gasteiger partial charge in [0.1, 0.15) is 16.2 Å². The normalized spacial score (nSPS) is 12.1. The van der Waals surface area contributed by atoms with Gasteiger partial charge in [-0.15, -0.1) is 11.3 Å². The lowest BCUT2D eigenvalue weighted by atomic mass is 10.2. The highest BCUT2D eigenvalue weighted by atomic mass is 32.2. The number of aryl methyl sites for hydroxylation is 1. The van der Waals surface area contributed by atoms with Gasteiger partial charge in [0.05, 0.1) is 5.25 Å². The highest BCUT2D eigenvalue weighted by molar-refractivity contribution is 8.00. The van der Waals surface area contributed by atoms with Gasteiger partial charge >= 0.3 is 0 Å². The molecule has 0 aliphatic rings. The van der Waals surface area contributed by atoms with E-state index >= 15 is 0 Å². The zero-order valence-corrected chi connectivity index (χ0v) is 17.2. The summed E-state index contributed by atoms with van der Waals surface area (Å²) in [6, 6.07) is 20.1. The Kier molecular flexibility index (Phi) is 5.41. The standard InChI is InChI=1S/C22H19N3OS2/c1-14-8-6-7-11-18(14)25-20(26)15(2)27-21-17-12-19(16-9-4-3-5-10-16)28-22(17)24-13-23-21/h3-13,15H,1-2H3,(H,25,26).